The van der Waals surface area contributed by atoms with Crippen molar-refractivity contribution in [2.45, 2.75) is 19.8 Å². The third-order valence-corrected chi connectivity index (χ3v) is 6.22. The van der Waals surface area contributed by atoms with E-state index in [1.54, 1.807) is 6.33 Å². The third kappa shape index (κ3) is 5.41. The molecule has 0 spiro atoms. The Kier molecular flexibility index (Phi) is 6.82. The Morgan fingerprint density at radius 2 is 1.81 bits per heavy atom. The minimum absolute atomic E-state index is 0.120. The monoisotopic (exact) mass is 420 g/mol. The van der Waals surface area contributed by atoms with E-state index >= 15 is 0 Å². The molecule has 0 saturated carbocycles. The first kappa shape index (κ1) is 21.3. The molecule has 2 aliphatic heterocycles. The Morgan fingerprint density at radius 3 is 2.48 bits per heavy atom. The fraction of sp³-hybridized carbons (Fsp3) is 0.458. The number of hydrogen-bond donors (Lipinski definition) is 1. The quantitative estimate of drug-likeness (QED) is 0.725. The van der Waals surface area contributed by atoms with E-state index in [9.17, 15) is 4.79 Å². The maximum atomic E-state index is 13.0. The first-order valence-corrected chi connectivity index (χ1v) is 11.1. The Balaban J connectivity index is 1.30. The second-order valence-electron chi connectivity index (χ2n) is 8.43. The molecule has 1 amide bonds. The van der Waals surface area contributed by atoms with Gasteiger partial charge in [0, 0.05) is 63.5 Å². The summed E-state index contributed by atoms with van der Waals surface area (Å²) in [6, 6.07) is 10.2. The lowest BCUT2D eigenvalue weighted by Crippen LogP contribution is -2.51. The number of nitrogens with one attached hydrogen (secondary N) is 1. The van der Waals surface area contributed by atoms with Crippen molar-refractivity contribution in [3.05, 3.63) is 54.9 Å². The van der Waals surface area contributed by atoms with Crippen LogP contribution in [0.3, 0.4) is 0 Å². The molecule has 31 heavy (non-hydrogen) atoms. The van der Waals surface area contributed by atoms with Crippen molar-refractivity contribution in [3.63, 3.8) is 0 Å². The molecule has 1 N–H and O–H groups in total. The van der Waals surface area contributed by atoms with Gasteiger partial charge in [0.15, 0.2) is 0 Å². The van der Waals surface area contributed by atoms with Crippen molar-refractivity contribution in [1.82, 2.24) is 19.8 Å². The van der Waals surface area contributed by atoms with Crippen LogP contribution in [0.5, 0.6) is 0 Å². The van der Waals surface area contributed by atoms with Crippen LogP contribution in [0.15, 0.2) is 49.3 Å². The molecule has 0 unspecified atom stereocenters. The molecule has 0 radical (unpaired) electrons. The highest BCUT2D eigenvalue weighted by atomic mass is 16.2. The first-order valence-electron chi connectivity index (χ1n) is 11.1. The van der Waals surface area contributed by atoms with Gasteiger partial charge in [0.1, 0.15) is 18.0 Å². The third-order valence-electron chi connectivity index (χ3n) is 6.22. The van der Waals surface area contributed by atoms with Gasteiger partial charge in [0.25, 0.3) is 0 Å². The largest absolute Gasteiger partial charge is 0.356 e. The van der Waals surface area contributed by atoms with Crippen LogP contribution in [0.2, 0.25) is 0 Å². The van der Waals surface area contributed by atoms with Crippen LogP contribution in [-0.2, 0) is 4.79 Å². The van der Waals surface area contributed by atoms with Crippen LogP contribution in [0.1, 0.15) is 18.4 Å². The van der Waals surface area contributed by atoms with Crippen LogP contribution in [0, 0.1) is 12.8 Å². The molecule has 7 nitrogen and oxygen atoms in total. The van der Waals surface area contributed by atoms with Gasteiger partial charge in [-0.3, -0.25) is 9.69 Å². The smallest absolute Gasteiger partial charge is 0.225 e. The van der Waals surface area contributed by atoms with Crippen LogP contribution < -0.4 is 10.2 Å². The number of benzene rings is 1. The first-order chi connectivity index (χ1) is 15.1. The summed E-state index contributed by atoms with van der Waals surface area (Å²) in [7, 11) is 0. The van der Waals surface area contributed by atoms with Gasteiger partial charge in [-0.15, -0.1) is 6.58 Å². The number of carbonyl (C=O) groups is 1. The van der Waals surface area contributed by atoms with Gasteiger partial charge in [0.2, 0.25) is 5.91 Å². The van der Waals surface area contributed by atoms with Gasteiger partial charge in [-0.25, -0.2) is 9.97 Å². The molecule has 0 atom stereocenters. The lowest BCUT2D eigenvalue weighted by atomic mass is 9.95. The molecule has 1 aromatic carbocycles. The highest BCUT2D eigenvalue weighted by molar-refractivity contribution is 5.79. The van der Waals surface area contributed by atoms with Crippen molar-refractivity contribution >= 4 is 23.2 Å². The summed E-state index contributed by atoms with van der Waals surface area (Å²) >= 11 is 0. The fourth-order valence-corrected chi connectivity index (χ4v) is 4.32. The average Bonchev–Trinajstić information content (AvgIpc) is 2.81. The molecule has 2 aromatic rings. The van der Waals surface area contributed by atoms with E-state index in [4.69, 9.17) is 0 Å². The van der Waals surface area contributed by atoms with Crippen LogP contribution in [0.25, 0.3) is 0 Å². The molecular weight excluding hydrogens is 388 g/mol. The number of nitrogens with zero attached hydrogens (tertiary/aromatic N) is 5. The van der Waals surface area contributed by atoms with E-state index in [0.29, 0.717) is 5.91 Å². The molecule has 2 saturated heterocycles. The number of piperidine rings is 1. The van der Waals surface area contributed by atoms with Crippen molar-refractivity contribution in [1.29, 1.82) is 0 Å². The number of rotatable bonds is 6. The van der Waals surface area contributed by atoms with E-state index in [-0.39, 0.29) is 5.92 Å². The van der Waals surface area contributed by atoms with E-state index < -0.39 is 0 Å². The van der Waals surface area contributed by atoms with E-state index in [1.807, 2.05) is 29.2 Å². The van der Waals surface area contributed by atoms with Crippen molar-refractivity contribution in [2.24, 2.45) is 5.92 Å². The van der Waals surface area contributed by atoms with Gasteiger partial charge in [0.05, 0.1) is 0 Å². The Bertz CT molecular complexity index is 883. The predicted octanol–water partition coefficient (Wildman–Crippen LogP) is 3.08. The summed E-state index contributed by atoms with van der Waals surface area (Å²) in [5.41, 5.74) is 2.23. The van der Waals surface area contributed by atoms with Gasteiger partial charge < -0.3 is 15.1 Å². The van der Waals surface area contributed by atoms with Crippen LogP contribution in [-0.4, -0.2) is 71.5 Å². The summed E-state index contributed by atoms with van der Waals surface area (Å²) in [6.07, 6.45) is 5.28. The Hall–Kier alpha value is -2.93. The molecule has 164 valence electrons. The van der Waals surface area contributed by atoms with Crippen molar-refractivity contribution < 1.29 is 4.79 Å². The zero-order chi connectivity index (χ0) is 21.6. The molecule has 0 bridgehead atoms. The van der Waals surface area contributed by atoms with E-state index in [2.05, 4.69) is 50.7 Å². The summed E-state index contributed by atoms with van der Waals surface area (Å²) < 4.78 is 0. The maximum absolute atomic E-state index is 13.0. The standard InChI is InChI=1S/C24H32N6O/c1-3-10-28-13-15-30(16-14-28)24(31)20-8-11-29(12-9-20)23-17-22(25-18-26-23)27-21-6-4-19(2)5-7-21/h3-7,17-18,20H,1,8-16H2,2H3,(H,25,26,27). The summed E-state index contributed by atoms with van der Waals surface area (Å²) in [4.78, 5) is 28.5. The number of piperazine rings is 1. The maximum Gasteiger partial charge on any atom is 0.225 e. The second kappa shape index (κ2) is 9.92. The fourth-order valence-electron chi connectivity index (χ4n) is 4.32. The van der Waals surface area contributed by atoms with Gasteiger partial charge in [-0.2, -0.15) is 0 Å². The number of carbonyl (C=O) groups excluding carboxylic acids is 1. The van der Waals surface area contributed by atoms with E-state index in [0.717, 1.165) is 76.0 Å². The van der Waals surface area contributed by atoms with Gasteiger partial charge in [-0.1, -0.05) is 23.8 Å². The molecule has 2 aliphatic rings. The topological polar surface area (TPSA) is 64.6 Å². The molecule has 3 heterocycles. The summed E-state index contributed by atoms with van der Waals surface area (Å²) in [5, 5.41) is 3.34. The van der Waals surface area contributed by atoms with Gasteiger partial charge in [-0.05, 0) is 31.9 Å². The molecule has 0 aliphatic carbocycles. The second-order valence-corrected chi connectivity index (χ2v) is 8.43. The normalized spacial score (nSPS) is 18.1. The number of anilines is 3. The lowest BCUT2D eigenvalue weighted by Gasteiger charge is -2.38. The zero-order valence-electron chi connectivity index (χ0n) is 18.3. The minimum Gasteiger partial charge on any atom is -0.356 e. The highest BCUT2D eigenvalue weighted by Crippen LogP contribution is 2.25. The SMILES string of the molecule is C=CCN1CCN(C(=O)C2CCN(c3cc(Nc4ccc(C)cc4)ncn3)CC2)CC1. The molecular formula is C24H32N6O. The predicted molar refractivity (Wildman–Crippen MR) is 125 cm³/mol. The number of hydrogen-bond acceptors (Lipinski definition) is 6. The number of amides is 1. The van der Waals surface area contributed by atoms with Crippen LogP contribution in [0.4, 0.5) is 17.3 Å². The van der Waals surface area contributed by atoms with Crippen molar-refractivity contribution in [3.8, 4) is 0 Å². The van der Waals surface area contributed by atoms with Gasteiger partial charge >= 0.3 is 0 Å². The average molecular weight is 421 g/mol. The molecule has 2 fully saturated rings. The molecule has 7 heteroatoms. The lowest BCUT2D eigenvalue weighted by molar-refractivity contribution is -0.137. The van der Waals surface area contributed by atoms with Crippen molar-refractivity contribution in [2.75, 3.05) is 56.0 Å². The summed E-state index contributed by atoms with van der Waals surface area (Å²) in [6.45, 7) is 12.0. The molecule has 1 aromatic heterocycles. The van der Waals surface area contributed by atoms with E-state index in [1.165, 1.54) is 5.56 Å². The summed E-state index contributed by atoms with van der Waals surface area (Å²) in [5.74, 6) is 2.13. The minimum atomic E-state index is 0.120. The van der Waals surface area contributed by atoms with Crippen LogP contribution >= 0.6 is 0 Å². The number of aryl methyl sites for hydroxylation is 1. The highest BCUT2D eigenvalue weighted by Gasteiger charge is 2.30. The molecule has 4 rings (SSSR count). The Morgan fingerprint density at radius 1 is 1.10 bits per heavy atom. The zero-order valence-corrected chi connectivity index (χ0v) is 18.3. The Labute approximate surface area is 184 Å². The number of aromatic nitrogens is 2.